The third-order valence-corrected chi connectivity index (χ3v) is 3.25. The molecule has 1 rings (SSSR count). The van der Waals surface area contributed by atoms with Crippen LogP contribution in [0.4, 0.5) is 5.69 Å². The van der Waals surface area contributed by atoms with Crippen molar-refractivity contribution >= 4 is 21.6 Å². The first kappa shape index (κ1) is 13.7. The summed E-state index contributed by atoms with van der Waals surface area (Å²) in [6, 6.07) is 6.46. The number of hydrogen-bond acceptors (Lipinski definition) is 3. The molecule has 1 unspecified atom stereocenters. The van der Waals surface area contributed by atoms with E-state index in [2.05, 4.69) is 22.9 Å². The van der Waals surface area contributed by atoms with Crippen molar-refractivity contribution in [2.75, 3.05) is 0 Å². The van der Waals surface area contributed by atoms with Gasteiger partial charge in [0.05, 0.1) is 16.6 Å². The average Bonchev–Trinajstić information content (AvgIpc) is 2.29. The van der Waals surface area contributed by atoms with Crippen molar-refractivity contribution in [1.82, 2.24) is 0 Å². The van der Waals surface area contributed by atoms with Crippen molar-refractivity contribution in [2.45, 2.75) is 31.0 Å². The fourth-order valence-electron chi connectivity index (χ4n) is 1.61. The smallest absolute Gasteiger partial charge is 0.258 e. The van der Waals surface area contributed by atoms with E-state index in [-0.39, 0.29) is 5.69 Å². The van der Waals surface area contributed by atoms with Gasteiger partial charge in [-0.3, -0.25) is 10.1 Å². The minimum absolute atomic E-state index is 0.0353. The predicted octanol–water partition coefficient (Wildman–Crippen LogP) is 3.57. The Kier molecular flexibility index (Phi) is 5.11. The van der Waals surface area contributed by atoms with Gasteiger partial charge in [-0.1, -0.05) is 35.3 Å². The molecule has 17 heavy (non-hydrogen) atoms. The van der Waals surface area contributed by atoms with Gasteiger partial charge < -0.3 is 0 Å². The van der Waals surface area contributed by atoms with E-state index in [9.17, 15) is 10.1 Å². The van der Waals surface area contributed by atoms with Gasteiger partial charge in [0, 0.05) is 17.0 Å². The largest absolute Gasteiger partial charge is 0.270 e. The Morgan fingerprint density at radius 3 is 2.82 bits per heavy atom. The molecule has 0 aliphatic rings. The van der Waals surface area contributed by atoms with Gasteiger partial charge in [-0.2, -0.15) is 5.26 Å². The zero-order chi connectivity index (χ0) is 12.8. The van der Waals surface area contributed by atoms with Crippen molar-refractivity contribution in [3.63, 3.8) is 0 Å². The first-order chi connectivity index (χ1) is 8.08. The summed E-state index contributed by atoms with van der Waals surface area (Å²) in [5, 5.41) is 19.6. The summed E-state index contributed by atoms with van der Waals surface area (Å²) in [4.78, 5) is 10.4. The summed E-state index contributed by atoms with van der Waals surface area (Å²) in [5.74, 6) is 0. The van der Waals surface area contributed by atoms with Crippen LogP contribution in [0.15, 0.2) is 18.2 Å². The quantitative estimate of drug-likeness (QED) is 0.474. The van der Waals surface area contributed by atoms with E-state index in [0.717, 1.165) is 18.4 Å². The van der Waals surface area contributed by atoms with Crippen LogP contribution in [0.2, 0.25) is 0 Å². The Labute approximate surface area is 109 Å². The number of benzene rings is 1. The highest BCUT2D eigenvalue weighted by Gasteiger charge is 2.13. The van der Waals surface area contributed by atoms with Crippen molar-refractivity contribution in [3.05, 3.63) is 39.4 Å². The van der Waals surface area contributed by atoms with Gasteiger partial charge in [0.1, 0.15) is 0 Å². The zero-order valence-electron chi connectivity index (χ0n) is 9.52. The fourth-order valence-corrected chi connectivity index (χ4v) is 2.42. The number of halogens is 1. The highest BCUT2D eigenvalue weighted by atomic mass is 79.9. The molecule has 0 fully saturated rings. The van der Waals surface area contributed by atoms with Gasteiger partial charge in [0.15, 0.2) is 0 Å². The molecule has 0 aliphatic heterocycles. The van der Waals surface area contributed by atoms with E-state index in [0.29, 0.717) is 16.8 Å². The first-order valence-electron chi connectivity index (χ1n) is 5.40. The van der Waals surface area contributed by atoms with Gasteiger partial charge in [0.25, 0.3) is 5.69 Å². The van der Waals surface area contributed by atoms with Gasteiger partial charge >= 0.3 is 0 Å². The van der Waals surface area contributed by atoms with E-state index in [1.807, 2.05) is 6.07 Å². The molecule has 0 heterocycles. The lowest BCUT2D eigenvalue weighted by atomic mass is 10.0. The minimum Gasteiger partial charge on any atom is -0.258 e. The van der Waals surface area contributed by atoms with E-state index in [4.69, 9.17) is 5.26 Å². The van der Waals surface area contributed by atoms with Crippen LogP contribution in [0.3, 0.4) is 0 Å². The van der Waals surface area contributed by atoms with E-state index in [1.54, 1.807) is 6.07 Å². The molecule has 0 aromatic heterocycles. The molecule has 4 nitrogen and oxygen atoms in total. The molecule has 1 aromatic rings. The van der Waals surface area contributed by atoms with Crippen LogP contribution in [0, 0.1) is 21.4 Å². The van der Waals surface area contributed by atoms with E-state index < -0.39 is 4.92 Å². The Bertz CT molecular complexity index is 454. The van der Waals surface area contributed by atoms with Gasteiger partial charge in [0.2, 0.25) is 0 Å². The maximum atomic E-state index is 10.6. The first-order valence-corrected chi connectivity index (χ1v) is 6.31. The molecule has 0 saturated heterocycles. The molecule has 0 spiro atoms. The van der Waals surface area contributed by atoms with Crippen LogP contribution in [-0.2, 0) is 6.42 Å². The van der Waals surface area contributed by atoms with Crippen LogP contribution < -0.4 is 0 Å². The maximum absolute atomic E-state index is 10.6. The second kappa shape index (κ2) is 6.36. The van der Waals surface area contributed by atoms with Gasteiger partial charge in [-0.25, -0.2) is 0 Å². The number of nitro groups is 1. The molecule has 0 radical (unpaired) electrons. The summed E-state index contributed by atoms with van der Waals surface area (Å²) < 4.78 is 0. The number of hydrogen-bond donors (Lipinski definition) is 0. The number of alkyl halides is 1. The lowest BCUT2D eigenvalue weighted by Gasteiger charge is -2.09. The zero-order valence-corrected chi connectivity index (χ0v) is 11.1. The lowest BCUT2D eigenvalue weighted by Crippen LogP contribution is -2.04. The van der Waals surface area contributed by atoms with Crippen molar-refractivity contribution in [3.8, 4) is 6.07 Å². The summed E-state index contributed by atoms with van der Waals surface area (Å²) in [7, 11) is 0. The molecule has 90 valence electrons. The molecule has 5 heteroatoms. The fraction of sp³-hybridized carbons (Fsp3) is 0.417. The topological polar surface area (TPSA) is 66.9 Å². The number of nitrogens with zero attached hydrogens (tertiary/aromatic N) is 2. The molecule has 0 bridgehead atoms. The Morgan fingerprint density at radius 2 is 2.29 bits per heavy atom. The summed E-state index contributed by atoms with van der Waals surface area (Å²) in [5.41, 5.74) is 1.21. The number of nitro benzene ring substituents is 1. The molecular formula is C12H13BrN2O2. The molecule has 0 amide bonds. The minimum atomic E-state index is -0.484. The molecule has 0 saturated carbocycles. The van der Waals surface area contributed by atoms with Gasteiger partial charge in [-0.05, 0) is 18.4 Å². The lowest BCUT2D eigenvalue weighted by molar-refractivity contribution is -0.384. The molecular weight excluding hydrogens is 284 g/mol. The van der Waals surface area contributed by atoms with Crippen molar-refractivity contribution in [2.24, 2.45) is 0 Å². The number of non-ortho nitro benzene ring substituents is 1. The number of nitriles is 1. The highest BCUT2D eigenvalue weighted by molar-refractivity contribution is 9.09. The van der Waals surface area contributed by atoms with E-state index >= 15 is 0 Å². The van der Waals surface area contributed by atoms with Crippen LogP contribution in [0.25, 0.3) is 0 Å². The normalized spacial score (nSPS) is 11.8. The third-order valence-electron chi connectivity index (χ3n) is 2.47. The SMILES string of the molecule is CCCC(Br)Cc1ccc([N+](=O)[O-])cc1C#N. The monoisotopic (exact) mass is 296 g/mol. The summed E-state index contributed by atoms with van der Waals surface area (Å²) in [6.45, 7) is 2.09. The van der Waals surface area contributed by atoms with Crippen LogP contribution in [0.1, 0.15) is 30.9 Å². The van der Waals surface area contributed by atoms with Crippen LogP contribution >= 0.6 is 15.9 Å². The second-order valence-corrected chi connectivity index (χ2v) is 5.10. The summed E-state index contributed by atoms with van der Waals surface area (Å²) >= 11 is 3.54. The van der Waals surface area contributed by atoms with Crippen LogP contribution in [0.5, 0.6) is 0 Å². The Balaban J connectivity index is 2.94. The maximum Gasteiger partial charge on any atom is 0.270 e. The van der Waals surface area contributed by atoms with Crippen molar-refractivity contribution in [1.29, 1.82) is 5.26 Å². The van der Waals surface area contributed by atoms with Crippen molar-refractivity contribution < 1.29 is 4.92 Å². The molecule has 0 N–H and O–H groups in total. The van der Waals surface area contributed by atoms with E-state index in [1.165, 1.54) is 12.1 Å². The summed E-state index contributed by atoms with van der Waals surface area (Å²) in [6.07, 6.45) is 2.79. The Morgan fingerprint density at radius 1 is 1.59 bits per heavy atom. The van der Waals surface area contributed by atoms with Crippen LogP contribution in [-0.4, -0.2) is 9.75 Å². The highest BCUT2D eigenvalue weighted by Crippen LogP contribution is 2.21. The molecule has 1 atom stereocenters. The predicted molar refractivity (Wildman–Crippen MR) is 69.1 cm³/mol. The standard InChI is InChI=1S/C12H13BrN2O2/c1-2-3-11(13)6-9-4-5-12(15(16)17)7-10(9)8-14/h4-5,7,11H,2-3,6H2,1H3. The number of rotatable bonds is 5. The van der Waals surface area contributed by atoms with Gasteiger partial charge in [-0.15, -0.1) is 0 Å². The average molecular weight is 297 g/mol. The Hall–Kier alpha value is -1.41. The third kappa shape index (κ3) is 3.82. The molecule has 1 aromatic carbocycles. The molecule has 0 aliphatic carbocycles. The second-order valence-electron chi connectivity index (χ2n) is 3.80.